The third-order valence-corrected chi connectivity index (χ3v) is 6.75. The van der Waals surface area contributed by atoms with Gasteiger partial charge < -0.3 is 9.97 Å². The van der Waals surface area contributed by atoms with E-state index < -0.39 is 0 Å². The molecule has 0 atom stereocenters. The van der Waals surface area contributed by atoms with E-state index >= 15 is 0 Å². The monoisotopic (exact) mass is 642 g/mol. The maximum atomic E-state index is 4.70. The summed E-state index contributed by atoms with van der Waals surface area (Å²) in [4.78, 5) is 13.2. The minimum absolute atomic E-state index is 0. The van der Waals surface area contributed by atoms with Gasteiger partial charge in [0.05, 0.1) is 0 Å². The van der Waals surface area contributed by atoms with E-state index in [1.54, 1.807) is 6.20 Å². The molecule has 6 aromatic rings. The smallest absolute Gasteiger partial charge is 0.0346 e. The van der Waals surface area contributed by atoms with E-state index in [1.165, 1.54) is 32.7 Å². The number of benzene rings is 3. The summed E-state index contributed by atoms with van der Waals surface area (Å²) in [6.45, 7) is 4.57. The molecule has 177 valence electrons. The number of hydrogen-bond acceptors (Lipinski definition) is 3. The van der Waals surface area contributed by atoms with Crippen molar-refractivity contribution >= 4 is 21.5 Å². The normalized spacial score (nSPS) is 12.7. The van der Waals surface area contributed by atoms with Gasteiger partial charge in [-0.15, -0.1) is 71.3 Å². The summed E-state index contributed by atoms with van der Waals surface area (Å²) < 4.78 is 0. The first-order chi connectivity index (χ1) is 17.1. The Balaban J connectivity index is 0.000000175. The average Bonchev–Trinajstić information content (AvgIpc) is 2.93. The number of rotatable bonds is 1. The molecule has 0 saturated carbocycles. The molecule has 3 aromatic heterocycles. The molecule has 3 aromatic carbocycles. The van der Waals surface area contributed by atoms with Crippen LogP contribution in [0.25, 0.3) is 44.1 Å². The Labute approximate surface area is 224 Å². The minimum atomic E-state index is -0.0780. The standard InChI is InChI=1S/C21H15N2.C11H8N.Ir/c1-21(2)17-6-4-3-5-16(17)20-19-15(8-10-23-20)14-7-9-22-12-13(14)11-18(19)21;1-2-6-10(7-3-1)11-8-4-5-9-12-11;/h3-4,6-12H,1-2H3;1-6,8-9H;/q2*-1;. The second-order valence-corrected chi connectivity index (χ2v) is 9.18. The summed E-state index contributed by atoms with van der Waals surface area (Å²) in [7, 11) is 0. The van der Waals surface area contributed by atoms with Crippen molar-refractivity contribution in [3.8, 4) is 22.5 Å². The van der Waals surface area contributed by atoms with Gasteiger partial charge in [-0.1, -0.05) is 26.0 Å². The van der Waals surface area contributed by atoms with E-state index in [2.05, 4.69) is 66.3 Å². The molecular formula is C32H23IrN3-2. The number of pyridine rings is 3. The molecule has 0 unspecified atom stereocenters. The first-order valence-corrected chi connectivity index (χ1v) is 11.7. The first-order valence-electron chi connectivity index (χ1n) is 11.7. The summed E-state index contributed by atoms with van der Waals surface area (Å²) in [6, 6.07) is 33.0. The minimum Gasteiger partial charge on any atom is -0.305 e. The molecule has 0 aliphatic heterocycles. The van der Waals surface area contributed by atoms with Crippen molar-refractivity contribution in [3.05, 3.63) is 127 Å². The van der Waals surface area contributed by atoms with Crippen LogP contribution in [0.15, 0.2) is 104 Å². The number of nitrogens with zero attached hydrogens (tertiary/aromatic N) is 3. The second kappa shape index (κ2) is 9.73. The van der Waals surface area contributed by atoms with E-state index in [-0.39, 0.29) is 25.5 Å². The Hall–Kier alpha value is -3.72. The largest absolute Gasteiger partial charge is 0.305 e. The Morgan fingerprint density at radius 2 is 1.56 bits per heavy atom. The molecule has 0 bridgehead atoms. The molecule has 4 heteroatoms. The van der Waals surface area contributed by atoms with Gasteiger partial charge in [0, 0.05) is 50.3 Å². The third kappa shape index (κ3) is 4.03. The van der Waals surface area contributed by atoms with Crippen LogP contribution in [0, 0.1) is 12.1 Å². The van der Waals surface area contributed by atoms with Gasteiger partial charge in [0.25, 0.3) is 0 Å². The fraction of sp³-hybridized carbons (Fsp3) is 0.0938. The zero-order valence-corrected chi connectivity index (χ0v) is 22.4. The van der Waals surface area contributed by atoms with Gasteiger partial charge in [-0.05, 0) is 62.8 Å². The van der Waals surface area contributed by atoms with Crippen LogP contribution < -0.4 is 0 Å². The molecule has 36 heavy (non-hydrogen) atoms. The van der Waals surface area contributed by atoms with Gasteiger partial charge in [-0.3, -0.25) is 4.98 Å². The van der Waals surface area contributed by atoms with Crippen molar-refractivity contribution in [1.82, 2.24) is 15.0 Å². The zero-order chi connectivity index (χ0) is 23.8. The van der Waals surface area contributed by atoms with Crippen LogP contribution >= 0.6 is 0 Å². The van der Waals surface area contributed by atoms with Crippen LogP contribution in [-0.4, -0.2) is 15.0 Å². The molecule has 0 N–H and O–H groups in total. The summed E-state index contributed by atoms with van der Waals surface area (Å²) in [6.07, 6.45) is 7.51. The molecule has 1 aliphatic carbocycles. The Kier molecular flexibility index (Phi) is 6.49. The van der Waals surface area contributed by atoms with E-state index in [4.69, 9.17) is 4.98 Å². The zero-order valence-electron chi connectivity index (χ0n) is 20.0. The van der Waals surface area contributed by atoms with Crippen LogP contribution in [0.2, 0.25) is 0 Å². The van der Waals surface area contributed by atoms with Crippen LogP contribution in [0.5, 0.6) is 0 Å². The Morgan fingerprint density at radius 3 is 2.36 bits per heavy atom. The van der Waals surface area contributed by atoms with Crippen LogP contribution in [0.1, 0.15) is 25.0 Å². The van der Waals surface area contributed by atoms with Gasteiger partial charge in [-0.2, -0.15) is 0 Å². The number of hydrogen-bond donors (Lipinski definition) is 0. The van der Waals surface area contributed by atoms with Crippen molar-refractivity contribution in [2.75, 3.05) is 0 Å². The SMILES string of the molecule is CC1(C)c2ccc[c-]c2-c2nccc3c2c1cc1cnccc13.[Ir].[c-]1ccccc1-c1ccccn1. The van der Waals surface area contributed by atoms with Gasteiger partial charge in [-0.25, -0.2) is 0 Å². The van der Waals surface area contributed by atoms with E-state index in [9.17, 15) is 0 Å². The van der Waals surface area contributed by atoms with Gasteiger partial charge in [0.15, 0.2) is 0 Å². The quantitative estimate of drug-likeness (QED) is 0.138. The van der Waals surface area contributed by atoms with Crippen molar-refractivity contribution in [2.24, 2.45) is 0 Å². The van der Waals surface area contributed by atoms with E-state index in [1.807, 2.05) is 67.1 Å². The molecule has 7 rings (SSSR count). The third-order valence-electron chi connectivity index (χ3n) is 6.75. The predicted octanol–water partition coefficient (Wildman–Crippen LogP) is 7.44. The summed E-state index contributed by atoms with van der Waals surface area (Å²) in [5, 5.41) is 4.92. The van der Waals surface area contributed by atoms with Gasteiger partial charge in [0.2, 0.25) is 0 Å². The van der Waals surface area contributed by atoms with Crippen molar-refractivity contribution in [1.29, 1.82) is 0 Å². The molecule has 3 heterocycles. The molecule has 0 saturated heterocycles. The van der Waals surface area contributed by atoms with Crippen LogP contribution in [0.4, 0.5) is 0 Å². The number of fused-ring (bicyclic) bond motifs is 4. The second-order valence-electron chi connectivity index (χ2n) is 9.18. The Morgan fingerprint density at radius 1 is 0.722 bits per heavy atom. The Bertz CT molecular complexity index is 1620. The van der Waals surface area contributed by atoms with E-state index in [0.29, 0.717) is 0 Å². The van der Waals surface area contributed by atoms with E-state index in [0.717, 1.165) is 22.5 Å². The summed E-state index contributed by atoms with van der Waals surface area (Å²) in [5.74, 6) is 0. The number of aromatic nitrogens is 3. The van der Waals surface area contributed by atoms with Crippen molar-refractivity contribution < 1.29 is 20.1 Å². The first kappa shape index (κ1) is 24.0. The molecule has 0 amide bonds. The molecule has 3 nitrogen and oxygen atoms in total. The van der Waals surface area contributed by atoms with Crippen LogP contribution in [0.3, 0.4) is 0 Å². The summed E-state index contributed by atoms with van der Waals surface area (Å²) in [5.41, 5.74) is 6.72. The fourth-order valence-corrected chi connectivity index (χ4v) is 5.01. The molecule has 0 fully saturated rings. The maximum Gasteiger partial charge on any atom is 0.0346 e. The average molecular weight is 642 g/mol. The molecule has 0 spiro atoms. The topological polar surface area (TPSA) is 38.7 Å². The maximum absolute atomic E-state index is 4.70. The van der Waals surface area contributed by atoms with Crippen LogP contribution in [-0.2, 0) is 25.5 Å². The molecule has 1 radical (unpaired) electrons. The van der Waals surface area contributed by atoms with Crippen molar-refractivity contribution in [2.45, 2.75) is 19.3 Å². The molecular weight excluding hydrogens is 619 g/mol. The van der Waals surface area contributed by atoms with Crippen molar-refractivity contribution in [3.63, 3.8) is 0 Å². The van der Waals surface area contributed by atoms with Gasteiger partial charge >= 0.3 is 0 Å². The van der Waals surface area contributed by atoms with Gasteiger partial charge in [0.1, 0.15) is 0 Å². The fourth-order valence-electron chi connectivity index (χ4n) is 5.01. The summed E-state index contributed by atoms with van der Waals surface area (Å²) >= 11 is 0. The predicted molar refractivity (Wildman–Crippen MR) is 142 cm³/mol. The molecule has 1 aliphatic rings.